The fourth-order valence-corrected chi connectivity index (χ4v) is 4.59. The Morgan fingerprint density at radius 1 is 1.28 bits per heavy atom. The largest absolute Gasteiger partial charge is 0.393 e. The average molecular weight is 445 g/mol. The second kappa shape index (κ2) is 9.39. The SMILES string of the molecule is OCC(OCC1CCC(c2ccc3c(NC4CCCC4)nc(Cl)nn23)O1)P(O)O. The number of nitrogens with one attached hydrogen (secondary N) is 1. The van der Waals surface area contributed by atoms with E-state index in [1.54, 1.807) is 4.52 Å². The molecule has 2 aromatic rings. The number of hydrogen-bond acceptors (Lipinski definition) is 8. The van der Waals surface area contributed by atoms with Crippen molar-refractivity contribution in [1.82, 2.24) is 14.6 Å². The predicted octanol–water partition coefficient (Wildman–Crippen LogP) is 2.59. The molecule has 1 saturated heterocycles. The third kappa shape index (κ3) is 4.82. The molecule has 3 unspecified atom stereocenters. The standard InChI is InChI=1S/C18H26ClN4O5P/c19-18-21-17(20-11-3-1-2-4-11)14-7-6-13(23(14)22-18)15-8-5-12(28-15)10-27-16(9-24)29(25)26/h6-7,11-12,15-16,24-26H,1-5,8-10H2,(H,20,21,22). The molecular formula is C18H26ClN4O5P. The summed E-state index contributed by atoms with van der Waals surface area (Å²) in [6, 6.07) is 4.36. The molecule has 1 aliphatic carbocycles. The summed E-state index contributed by atoms with van der Waals surface area (Å²) in [5, 5.41) is 17.2. The summed E-state index contributed by atoms with van der Waals surface area (Å²) in [5.74, 6) is -0.233. The van der Waals surface area contributed by atoms with Crippen LogP contribution >= 0.6 is 20.0 Å². The van der Waals surface area contributed by atoms with E-state index in [2.05, 4.69) is 15.4 Å². The molecule has 0 aromatic carbocycles. The fourth-order valence-electron chi connectivity index (χ4n) is 4.06. The normalized spacial score (nSPS) is 24.0. The lowest BCUT2D eigenvalue weighted by Crippen LogP contribution is -2.23. The van der Waals surface area contributed by atoms with Gasteiger partial charge in [0.25, 0.3) is 0 Å². The molecule has 0 spiro atoms. The zero-order chi connectivity index (χ0) is 20.4. The minimum Gasteiger partial charge on any atom is -0.393 e. The molecule has 1 aliphatic heterocycles. The maximum Gasteiger partial charge on any atom is 0.243 e. The van der Waals surface area contributed by atoms with E-state index < -0.39 is 20.8 Å². The van der Waals surface area contributed by atoms with Gasteiger partial charge in [-0.1, -0.05) is 12.8 Å². The van der Waals surface area contributed by atoms with E-state index in [1.807, 2.05) is 12.1 Å². The number of rotatable bonds is 8. The van der Waals surface area contributed by atoms with Crippen LogP contribution in [0.4, 0.5) is 5.82 Å². The Morgan fingerprint density at radius 2 is 2.07 bits per heavy atom. The molecule has 3 heterocycles. The topological polar surface area (TPSA) is 121 Å². The molecule has 3 atom stereocenters. The summed E-state index contributed by atoms with van der Waals surface area (Å²) in [6.07, 6.45) is 5.90. The van der Waals surface area contributed by atoms with Crippen molar-refractivity contribution >= 4 is 31.3 Å². The van der Waals surface area contributed by atoms with Gasteiger partial charge in [0.05, 0.1) is 25.0 Å². The van der Waals surface area contributed by atoms with Crippen molar-refractivity contribution < 1.29 is 24.4 Å². The first kappa shape index (κ1) is 21.2. The minimum atomic E-state index is -2.34. The van der Waals surface area contributed by atoms with Crippen LogP contribution in [-0.4, -0.2) is 60.7 Å². The molecule has 9 nitrogen and oxygen atoms in total. The molecule has 4 N–H and O–H groups in total. The smallest absolute Gasteiger partial charge is 0.243 e. The van der Waals surface area contributed by atoms with Gasteiger partial charge in [-0.15, -0.1) is 5.10 Å². The van der Waals surface area contributed by atoms with Gasteiger partial charge in [-0.25, -0.2) is 4.52 Å². The van der Waals surface area contributed by atoms with Crippen LogP contribution in [0.1, 0.15) is 50.3 Å². The molecule has 11 heteroatoms. The highest BCUT2D eigenvalue weighted by Gasteiger charge is 2.31. The molecule has 4 rings (SSSR count). The lowest BCUT2D eigenvalue weighted by molar-refractivity contribution is -0.0371. The second-order valence-electron chi connectivity index (χ2n) is 7.53. The number of anilines is 1. The third-order valence-corrected chi connectivity index (χ3v) is 6.52. The first-order chi connectivity index (χ1) is 14.0. The number of aromatic nitrogens is 3. The number of aliphatic hydroxyl groups excluding tert-OH is 1. The van der Waals surface area contributed by atoms with Crippen LogP contribution in [-0.2, 0) is 9.47 Å². The first-order valence-corrected chi connectivity index (χ1v) is 11.6. The molecule has 1 saturated carbocycles. The number of fused-ring (bicyclic) bond motifs is 1. The molecule has 2 fully saturated rings. The Bertz CT molecular complexity index is 832. The minimum absolute atomic E-state index is 0.172. The van der Waals surface area contributed by atoms with Gasteiger partial charge in [-0.2, -0.15) is 4.98 Å². The summed E-state index contributed by atoms with van der Waals surface area (Å²) in [5.41, 5.74) is 1.76. The van der Waals surface area contributed by atoms with E-state index in [4.69, 9.17) is 26.2 Å². The lowest BCUT2D eigenvalue weighted by Gasteiger charge is -2.19. The van der Waals surface area contributed by atoms with Gasteiger partial charge in [-0.05, 0) is 49.4 Å². The molecule has 0 radical (unpaired) electrons. The second-order valence-corrected chi connectivity index (χ2v) is 9.08. The molecule has 2 aromatic heterocycles. The summed E-state index contributed by atoms with van der Waals surface area (Å²) in [6.45, 7) is -0.250. The van der Waals surface area contributed by atoms with E-state index in [0.29, 0.717) is 6.04 Å². The van der Waals surface area contributed by atoms with Crippen molar-refractivity contribution in [2.24, 2.45) is 0 Å². The predicted molar refractivity (Wildman–Crippen MR) is 109 cm³/mol. The van der Waals surface area contributed by atoms with Crippen molar-refractivity contribution in [3.05, 3.63) is 23.1 Å². The van der Waals surface area contributed by atoms with E-state index in [0.717, 1.165) is 42.7 Å². The van der Waals surface area contributed by atoms with E-state index >= 15 is 0 Å². The molecule has 160 valence electrons. The molecule has 0 bridgehead atoms. The average Bonchev–Trinajstić information content (AvgIpc) is 3.42. The Kier molecular flexibility index (Phi) is 6.86. The quantitative estimate of drug-likeness (QED) is 0.458. The lowest BCUT2D eigenvalue weighted by atomic mass is 10.1. The van der Waals surface area contributed by atoms with Crippen LogP contribution in [0.2, 0.25) is 5.28 Å². The van der Waals surface area contributed by atoms with Crippen LogP contribution in [0.25, 0.3) is 5.52 Å². The van der Waals surface area contributed by atoms with Gasteiger partial charge in [0, 0.05) is 6.04 Å². The van der Waals surface area contributed by atoms with Crippen molar-refractivity contribution in [2.75, 3.05) is 18.5 Å². The Morgan fingerprint density at radius 3 is 2.79 bits per heavy atom. The molecular weight excluding hydrogens is 419 g/mol. The van der Waals surface area contributed by atoms with Gasteiger partial charge >= 0.3 is 0 Å². The summed E-state index contributed by atoms with van der Waals surface area (Å²) in [7, 11) is -2.34. The van der Waals surface area contributed by atoms with Crippen LogP contribution in [0, 0.1) is 0 Å². The first-order valence-electron chi connectivity index (χ1n) is 9.91. The maximum atomic E-state index is 9.22. The Hall–Kier alpha value is -1.06. The number of aliphatic hydroxyl groups is 1. The Labute approximate surface area is 174 Å². The highest BCUT2D eigenvalue weighted by atomic mass is 35.5. The number of nitrogens with zero attached hydrogens (tertiary/aromatic N) is 3. The highest BCUT2D eigenvalue weighted by molar-refractivity contribution is 7.45. The monoisotopic (exact) mass is 444 g/mol. The van der Waals surface area contributed by atoms with Gasteiger partial charge in [0.15, 0.2) is 14.2 Å². The van der Waals surface area contributed by atoms with E-state index in [1.165, 1.54) is 12.8 Å². The summed E-state index contributed by atoms with van der Waals surface area (Å²) >= 11 is 6.19. The van der Waals surface area contributed by atoms with Crippen LogP contribution in [0.3, 0.4) is 0 Å². The fraction of sp³-hybridized carbons (Fsp3) is 0.667. The maximum absolute atomic E-state index is 9.22. The Balaban J connectivity index is 1.46. The van der Waals surface area contributed by atoms with Gasteiger partial charge in [-0.3, -0.25) is 0 Å². The van der Waals surface area contributed by atoms with E-state index in [9.17, 15) is 9.79 Å². The van der Waals surface area contributed by atoms with Gasteiger partial charge in [0.1, 0.15) is 17.5 Å². The highest BCUT2D eigenvalue weighted by Crippen LogP contribution is 2.36. The summed E-state index contributed by atoms with van der Waals surface area (Å²) in [4.78, 5) is 22.8. The number of halogens is 1. The van der Waals surface area contributed by atoms with Crippen LogP contribution < -0.4 is 5.32 Å². The third-order valence-electron chi connectivity index (χ3n) is 5.54. The van der Waals surface area contributed by atoms with Crippen LogP contribution in [0.5, 0.6) is 0 Å². The number of ether oxygens (including phenoxy) is 2. The molecule has 0 amide bonds. The zero-order valence-electron chi connectivity index (χ0n) is 15.9. The van der Waals surface area contributed by atoms with Crippen molar-refractivity contribution in [2.45, 2.75) is 62.6 Å². The van der Waals surface area contributed by atoms with Crippen molar-refractivity contribution in [3.63, 3.8) is 0 Å². The molecule has 2 aliphatic rings. The van der Waals surface area contributed by atoms with Gasteiger partial charge in [0.2, 0.25) is 5.28 Å². The van der Waals surface area contributed by atoms with Crippen LogP contribution in [0.15, 0.2) is 12.1 Å². The van der Waals surface area contributed by atoms with Crippen molar-refractivity contribution in [1.29, 1.82) is 0 Å². The zero-order valence-corrected chi connectivity index (χ0v) is 17.6. The summed E-state index contributed by atoms with van der Waals surface area (Å²) < 4.78 is 13.3. The van der Waals surface area contributed by atoms with E-state index in [-0.39, 0.29) is 24.1 Å². The molecule has 29 heavy (non-hydrogen) atoms. The number of hydrogen-bond donors (Lipinski definition) is 4. The van der Waals surface area contributed by atoms with Gasteiger partial charge < -0.3 is 29.7 Å². The van der Waals surface area contributed by atoms with Crippen molar-refractivity contribution in [3.8, 4) is 0 Å².